The first kappa shape index (κ1) is 16.6. The molecule has 0 aliphatic rings. The van der Waals surface area contributed by atoms with Crippen LogP contribution in [-0.2, 0) is 6.42 Å². The first-order valence-electron chi connectivity index (χ1n) is 7.49. The van der Waals surface area contributed by atoms with E-state index >= 15 is 0 Å². The van der Waals surface area contributed by atoms with Gasteiger partial charge in [-0.15, -0.1) is 23.4 Å². The highest BCUT2D eigenvalue weighted by atomic mass is 32.1. The molecule has 4 rings (SSSR count). The second-order valence-electron chi connectivity index (χ2n) is 5.48. The smallest absolute Gasteiger partial charge is 0.469 e. The van der Waals surface area contributed by atoms with Crippen molar-refractivity contribution in [3.8, 4) is 16.3 Å². The Bertz CT molecular complexity index is 1050. The molecule has 0 bridgehead atoms. The van der Waals surface area contributed by atoms with E-state index in [0.717, 1.165) is 21.9 Å². The molecule has 0 saturated heterocycles. The molecular formula is C16H11F3N4O2S. The van der Waals surface area contributed by atoms with Gasteiger partial charge in [-0.3, -0.25) is 0 Å². The number of hydrogen-bond donors (Lipinski definition) is 0. The van der Waals surface area contributed by atoms with E-state index in [9.17, 15) is 13.2 Å². The van der Waals surface area contributed by atoms with Crippen molar-refractivity contribution in [1.82, 2.24) is 19.8 Å². The predicted molar refractivity (Wildman–Crippen MR) is 87.0 cm³/mol. The fourth-order valence-electron chi connectivity index (χ4n) is 2.47. The van der Waals surface area contributed by atoms with Crippen molar-refractivity contribution in [2.75, 3.05) is 0 Å². The molecule has 134 valence electrons. The van der Waals surface area contributed by atoms with Crippen LogP contribution in [0.25, 0.3) is 15.5 Å². The summed E-state index contributed by atoms with van der Waals surface area (Å²) >= 11 is 1.38. The van der Waals surface area contributed by atoms with Crippen LogP contribution in [0.5, 0.6) is 5.75 Å². The van der Waals surface area contributed by atoms with E-state index < -0.39 is 6.36 Å². The topological polar surface area (TPSA) is 65.5 Å². The maximum Gasteiger partial charge on any atom is 0.573 e. The molecule has 0 N–H and O–H groups in total. The lowest BCUT2D eigenvalue weighted by Gasteiger charge is -2.08. The molecule has 26 heavy (non-hydrogen) atoms. The van der Waals surface area contributed by atoms with Crippen molar-refractivity contribution in [1.29, 1.82) is 0 Å². The van der Waals surface area contributed by atoms with Crippen LogP contribution in [0.15, 0.2) is 41.0 Å². The Labute approximate surface area is 148 Å². The lowest BCUT2D eigenvalue weighted by atomic mass is 10.1. The van der Waals surface area contributed by atoms with E-state index in [1.54, 1.807) is 22.9 Å². The van der Waals surface area contributed by atoms with Crippen molar-refractivity contribution in [2.24, 2.45) is 0 Å². The van der Waals surface area contributed by atoms with Gasteiger partial charge in [0.25, 0.3) is 0 Å². The molecule has 0 saturated carbocycles. The third-order valence-electron chi connectivity index (χ3n) is 3.66. The molecule has 1 aromatic carbocycles. The van der Waals surface area contributed by atoms with Gasteiger partial charge in [0, 0.05) is 6.42 Å². The van der Waals surface area contributed by atoms with Crippen LogP contribution < -0.4 is 4.74 Å². The Morgan fingerprint density at radius 2 is 1.92 bits per heavy atom. The van der Waals surface area contributed by atoms with Crippen molar-refractivity contribution in [3.63, 3.8) is 0 Å². The van der Waals surface area contributed by atoms with Gasteiger partial charge in [0.15, 0.2) is 10.8 Å². The number of aryl methyl sites for hydroxylation is 1. The number of ether oxygens (including phenoxy) is 1. The van der Waals surface area contributed by atoms with Crippen LogP contribution in [0.1, 0.15) is 17.1 Å². The maximum absolute atomic E-state index is 12.2. The molecule has 0 fully saturated rings. The van der Waals surface area contributed by atoms with Gasteiger partial charge in [0.05, 0.1) is 11.8 Å². The molecule has 10 heteroatoms. The molecule has 0 unspecified atom stereocenters. The molecule has 6 nitrogen and oxygen atoms in total. The quantitative estimate of drug-likeness (QED) is 0.530. The van der Waals surface area contributed by atoms with Crippen molar-refractivity contribution >= 4 is 16.3 Å². The summed E-state index contributed by atoms with van der Waals surface area (Å²) in [6.07, 6.45) is -2.73. The van der Waals surface area contributed by atoms with Crippen molar-refractivity contribution in [2.45, 2.75) is 19.7 Å². The van der Waals surface area contributed by atoms with Gasteiger partial charge in [-0.25, -0.2) is 0 Å². The number of hydrogen-bond acceptors (Lipinski definition) is 6. The van der Waals surface area contributed by atoms with Crippen LogP contribution >= 0.6 is 11.3 Å². The summed E-state index contributed by atoms with van der Waals surface area (Å²) in [6, 6.07) is 7.47. The van der Waals surface area contributed by atoms with E-state index in [2.05, 4.69) is 20.0 Å². The van der Waals surface area contributed by atoms with Gasteiger partial charge in [0.1, 0.15) is 11.5 Å². The number of nitrogens with zero attached hydrogens (tertiary/aromatic N) is 4. The molecule has 0 amide bonds. The summed E-state index contributed by atoms with van der Waals surface area (Å²) in [5, 5.41) is 13.5. The van der Waals surface area contributed by atoms with Crippen molar-refractivity contribution in [3.05, 3.63) is 53.7 Å². The number of rotatable bonds is 4. The van der Waals surface area contributed by atoms with Gasteiger partial charge in [-0.05, 0) is 30.7 Å². The summed E-state index contributed by atoms with van der Waals surface area (Å²) in [5.74, 6) is 1.09. The summed E-state index contributed by atoms with van der Waals surface area (Å²) in [4.78, 5) is 0.632. The molecule has 0 radical (unpaired) electrons. The normalized spacial score (nSPS) is 12.0. The second-order valence-corrected chi connectivity index (χ2v) is 6.43. The van der Waals surface area contributed by atoms with Crippen LogP contribution in [0.4, 0.5) is 13.2 Å². The zero-order valence-corrected chi connectivity index (χ0v) is 14.1. The van der Waals surface area contributed by atoms with E-state index in [1.807, 2.05) is 13.0 Å². The fraction of sp³-hybridized carbons (Fsp3) is 0.188. The largest absolute Gasteiger partial charge is 0.573 e. The Balaban J connectivity index is 1.58. The second kappa shape index (κ2) is 6.13. The Morgan fingerprint density at radius 1 is 1.15 bits per heavy atom. The van der Waals surface area contributed by atoms with Crippen LogP contribution in [-0.4, -0.2) is 26.2 Å². The lowest BCUT2D eigenvalue weighted by molar-refractivity contribution is -0.274. The highest BCUT2D eigenvalue weighted by Gasteiger charge is 2.31. The molecule has 0 spiro atoms. The minimum absolute atomic E-state index is 0.265. The first-order valence-corrected chi connectivity index (χ1v) is 8.31. The third-order valence-corrected chi connectivity index (χ3v) is 4.60. The molecular weight excluding hydrogens is 369 g/mol. The Kier molecular flexibility index (Phi) is 3.91. The summed E-state index contributed by atoms with van der Waals surface area (Å²) < 4.78 is 47.4. The fourth-order valence-corrected chi connectivity index (χ4v) is 3.41. The van der Waals surface area contributed by atoms with Crippen molar-refractivity contribution < 1.29 is 22.3 Å². The van der Waals surface area contributed by atoms with Crippen LogP contribution in [0.3, 0.4) is 0 Å². The molecule has 4 aromatic rings. The predicted octanol–water partition coefficient (Wildman–Crippen LogP) is 4.24. The molecule has 3 aromatic heterocycles. The standard InChI is InChI=1S/C16H11F3N4O2S/c1-9-12(6-7-24-9)14-22-23-13(20-21-15(23)26-14)8-10-2-4-11(5-3-10)25-16(17,18)19/h2-7H,8H2,1H3. The molecule has 0 aliphatic carbocycles. The molecule has 0 atom stereocenters. The highest BCUT2D eigenvalue weighted by molar-refractivity contribution is 7.19. The first-order chi connectivity index (χ1) is 12.4. The van der Waals surface area contributed by atoms with Gasteiger partial charge >= 0.3 is 6.36 Å². The van der Waals surface area contributed by atoms with Gasteiger partial charge < -0.3 is 9.15 Å². The zero-order chi connectivity index (χ0) is 18.3. The number of aromatic nitrogens is 4. The van der Waals surface area contributed by atoms with Gasteiger partial charge in [-0.2, -0.15) is 9.61 Å². The SMILES string of the molecule is Cc1occc1-c1nn2c(Cc3ccc(OC(F)(F)F)cc3)nnc2s1. The Hall–Kier alpha value is -2.88. The molecule has 0 aliphatic heterocycles. The van der Waals surface area contributed by atoms with Crippen LogP contribution in [0, 0.1) is 6.92 Å². The van der Waals surface area contributed by atoms with E-state index in [1.165, 1.54) is 23.5 Å². The van der Waals surface area contributed by atoms with Gasteiger partial charge in [0.2, 0.25) is 4.96 Å². The van der Waals surface area contributed by atoms with Crippen LogP contribution in [0.2, 0.25) is 0 Å². The highest BCUT2D eigenvalue weighted by Crippen LogP contribution is 2.29. The maximum atomic E-state index is 12.2. The number of fused-ring (bicyclic) bond motifs is 1. The average molecular weight is 380 g/mol. The summed E-state index contributed by atoms with van der Waals surface area (Å²) in [7, 11) is 0. The molecule has 3 heterocycles. The third kappa shape index (κ3) is 3.27. The minimum Gasteiger partial charge on any atom is -0.469 e. The number of furan rings is 1. The number of halogens is 3. The minimum atomic E-state index is -4.71. The van der Waals surface area contributed by atoms with E-state index in [-0.39, 0.29) is 5.75 Å². The monoisotopic (exact) mass is 380 g/mol. The lowest BCUT2D eigenvalue weighted by Crippen LogP contribution is -2.17. The summed E-state index contributed by atoms with van der Waals surface area (Å²) in [6.45, 7) is 1.85. The zero-order valence-electron chi connectivity index (χ0n) is 13.3. The van der Waals surface area contributed by atoms with E-state index in [4.69, 9.17) is 4.42 Å². The summed E-state index contributed by atoms with van der Waals surface area (Å²) in [5.41, 5.74) is 1.66. The number of alkyl halides is 3. The average Bonchev–Trinajstić information content (AvgIpc) is 3.24. The van der Waals surface area contributed by atoms with Gasteiger partial charge in [-0.1, -0.05) is 23.5 Å². The Morgan fingerprint density at radius 3 is 2.58 bits per heavy atom. The number of benzene rings is 1. The van der Waals surface area contributed by atoms with E-state index in [0.29, 0.717) is 17.2 Å².